The lowest BCUT2D eigenvalue weighted by molar-refractivity contribution is -0.948. The number of H-pyrrole nitrogens is 1. The lowest BCUT2D eigenvalue weighted by Crippen LogP contribution is -3.16. The third-order valence-corrected chi connectivity index (χ3v) is 8.36. The molecule has 11 heteroatoms. The Morgan fingerprint density at radius 3 is 2.68 bits per heavy atom. The first-order chi connectivity index (χ1) is 17.8. The highest BCUT2D eigenvalue weighted by Crippen LogP contribution is 2.46. The minimum Gasteiger partial charge on any atom is -0.481 e. The second-order valence-corrected chi connectivity index (χ2v) is 10.2. The van der Waals surface area contributed by atoms with Crippen molar-refractivity contribution in [3.05, 3.63) is 54.4 Å². The van der Waals surface area contributed by atoms with E-state index in [9.17, 15) is 30.3 Å². The van der Waals surface area contributed by atoms with E-state index < -0.39 is 73.6 Å². The largest absolute Gasteiger partial charge is 0.481 e. The highest BCUT2D eigenvalue weighted by Gasteiger charge is 2.60. The van der Waals surface area contributed by atoms with Gasteiger partial charge in [0.1, 0.15) is 36.4 Å². The number of aliphatic carboxylic acids is 1. The standard InChI is InChI=1S/C26H30N2O9/c1-2-11-14-9-16-19-13(12-5-3-4-6-15(12)27-19)7-8-28(16)23(18(14)24(33)34)36-25(11)37-26-22(32)21(31)20(30)17(10-29)35-26/h2-8,11,14,16-18,20-23,25-27,29-32H,1,9-10H2,(H,33,34)/p+1/t11-,14+,16?,17-,18-,20-,21+,22-,23-,25+,26+/m1/s1. The summed E-state index contributed by atoms with van der Waals surface area (Å²) < 4.78 is 17.8. The molecular weight excluding hydrogens is 484 g/mol. The summed E-state index contributed by atoms with van der Waals surface area (Å²) in [5, 5.41) is 51.6. The summed E-state index contributed by atoms with van der Waals surface area (Å²) in [5.41, 5.74) is 3.12. The predicted octanol–water partition coefficient (Wildman–Crippen LogP) is -0.900. The van der Waals surface area contributed by atoms with Crippen LogP contribution in [0.1, 0.15) is 23.7 Å². The van der Waals surface area contributed by atoms with Crippen LogP contribution in [0.2, 0.25) is 0 Å². The lowest BCUT2D eigenvalue weighted by atomic mass is 9.69. The molecule has 1 aromatic heterocycles. The van der Waals surface area contributed by atoms with Crippen molar-refractivity contribution in [3.8, 4) is 0 Å². The molecule has 3 fully saturated rings. The van der Waals surface area contributed by atoms with E-state index in [1.807, 2.05) is 30.5 Å². The van der Waals surface area contributed by atoms with Gasteiger partial charge in [-0.3, -0.25) is 14.4 Å². The molecule has 12 atom stereocenters. The van der Waals surface area contributed by atoms with E-state index in [4.69, 9.17) is 14.2 Å². The third kappa shape index (κ3) is 3.77. The number of aromatic amines is 1. The fraction of sp³-hybridized carbons (Fsp3) is 0.500. The molecule has 37 heavy (non-hydrogen) atoms. The normalized spacial score (nSPS) is 42.7. The van der Waals surface area contributed by atoms with E-state index in [0.717, 1.165) is 27.1 Å². The Labute approximate surface area is 212 Å². The molecule has 0 radical (unpaired) electrons. The minimum atomic E-state index is -1.60. The number of fused-ring (bicyclic) bond motifs is 8. The number of carbonyl (C=O) groups is 1. The predicted molar refractivity (Wildman–Crippen MR) is 127 cm³/mol. The van der Waals surface area contributed by atoms with Crippen molar-refractivity contribution in [1.82, 2.24) is 4.98 Å². The van der Waals surface area contributed by atoms with Gasteiger partial charge >= 0.3 is 5.97 Å². The van der Waals surface area contributed by atoms with Crippen molar-refractivity contribution in [2.45, 2.75) is 55.7 Å². The molecule has 2 unspecified atom stereocenters. The molecule has 11 nitrogen and oxygen atoms in total. The first kappa shape index (κ1) is 24.7. The Bertz CT molecular complexity index is 1230. The molecule has 1 aromatic carbocycles. The summed E-state index contributed by atoms with van der Waals surface area (Å²) in [6, 6.07) is 7.94. The molecule has 4 aliphatic heterocycles. The quantitative estimate of drug-likeness (QED) is 0.250. The van der Waals surface area contributed by atoms with Crippen LogP contribution in [0.5, 0.6) is 0 Å². The zero-order valence-electron chi connectivity index (χ0n) is 19.9. The van der Waals surface area contributed by atoms with Crippen LogP contribution in [0, 0.1) is 17.8 Å². The van der Waals surface area contributed by atoms with E-state index in [2.05, 4.69) is 17.6 Å². The molecule has 3 saturated heterocycles. The Hall–Kier alpha value is -2.61. The summed E-state index contributed by atoms with van der Waals surface area (Å²) in [6.45, 7) is 3.32. The van der Waals surface area contributed by atoms with Gasteiger partial charge in [0.2, 0.25) is 6.23 Å². The molecule has 198 valence electrons. The number of carboxylic acid groups (broad SMARTS) is 1. The number of rotatable bonds is 5. The second kappa shape index (κ2) is 9.29. The maximum atomic E-state index is 12.4. The molecule has 0 aliphatic carbocycles. The fourth-order valence-corrected chi connectivity index (χ4v) is 6.53. The number of aromatic nitrogens is 1. The number of hydrogen-bond acceptors (Lipinski definition) is 8. The van der Waals surface area contributed by atoms with Crippen molar-refractivity contribution in [2.24, 2.45) is 17.8 Å². The summed E-state index contributed by atoms with van der Waals surface area (Å²) in [4.78, 5) is 16.8. The van der Waals surface area contributed by atoms with Gasteiger partial charge < -0.3 is 40.0 Å². The van der Waals surface area contributed by atoms with E-state index >= 15 is 0 Å². The van der Waals surface area contributed by atoms with E-state index in [-0.39, 0.29) is 6.04 Å². The molecule has 7 N–H and O–H groups in total. The topological polar surface area (TPSA) is 166 Å². The number of ether oxygens (including phenoxy) is 3. The van der Waals surface area contributed by atoms with Crippen molar-refractivity contribution in [2.75, 3.05) is 6.61 Å². The van der Waals surface area contributed by atoms with Crippen LogP contribution in [0.4, 0.5) is 0 Å². The first-order valence-electron chi connectivity index (χ1n) is 12.5. The summed E-state index contributed by atoms with van der Waals surface area (Å²) >= 11 is 0. The van der Waals surface area contributed by atoms with E-state index in [1.54, 1.807) is 6.08 Å². The van der Waals surface area contributed by atoms with E-state index in [0.29, 0.717) is 6.42 Å². The third-order valence-electron chi connectivity index (χ3n) is 8.36. The fourth-order valence-electron chi connectivity index (χ4n) is 6.53. The maximum Gasteiger partial charge on any atom is 0.315 e. The smallest absolute Gasteiger partial charge is 0.315 e. The lowest BCUT2D eigenvalue weighted by Gasteiger charge is -2.52. The Balaban J connectivity index is 1.33. The highest BCUT2D eigenvalue weighted by atomic mass is 16.8. The Morgan fingerprint density at radius 2 is 1.95 bits per heavy atom. The van der Waals surface area contributed by atoms with Crippen LogP contribution in [-0.2, 0) is 19.0 Å². The van der Waals surface area contributed by atoms with Gasteiger partial charge in [-0.15, -0.1) is 6.58 Å². The van der Waals surface area contributed by atoms with Gasteiger partial charge in [0.05, 0.1) is 18.5 Å². The average Bonchev–Trinajstić information content (AvgIpc) is 3.28. The van der Waals surface area contributed by atoms with Crippen molar-refractivity contribution in [3.63, 3.8) is 0 Å². The minimum absolute atomic E-state index is 0.0753. The van der Waals surface area contributed by atoms with Crippen LogP contribution >= 0.6 is 0 Å². The van der Waals surface area contributed by atoms with Gasteiger partial charge in [-0.05, 0) is 12.0 Å². The van der Waals surface area contributed by atoms with Gasteiger partial charge in [0.15, 0.2) is 12.6 Å². The number of carboxylic acids is 1. The number of aliphatic hydroxyl groups is 4. The zero-order chi connectivity index (χ0) is 26.0. The van der Waals surface area contributed by atoms with Gasteiger partial charge in [0.25, 0.3) is 0 Å². The summed E-state index contributed by atoms with van der Waals surface area (Å²) in [6.07, 6.45) is -3.08. The van der Waals surface area contributed by atoms with Crippen molar-refractivity contribution >= 4 is 22.9 Å². The molecule has 5 heterocycles. The molecular formula is C26H31N2O9+. The second-order valence-electron chi connectivity index (χ2n) is 10.2. The van der Waals surface area contributed by atoms with Gasteiger partial charge in [-0.25, -0.2) is 0 Å². The average molecular weight is 516 g/mol. The van der Waals surface area contributed by atoms with Crippen LogP contribution in [-0.4, -0.2) is 86.3 Å². The molecule has 4 aliphatic rings. The summed E-state index contributed by atoms with van der Waals surface area (Å²) in [7, 11) is 0. The number of piperidine rings is 1. The van der Waals surface area contributed by atoms with Crippen LogP contribution in [0.25, 0.3) is 17.0 Å². The number of benzene rings is 1. The first-order valence-corrected chi connectivity index (χ1v) is 12.5. The van der Waals surface area contributed by atoms with Gasteiger partial charge in [-0.1, -0.05) is 24.3 Å². The summed E-state index contributed by atoms with van der Waals surface area (Å²) in [5.74, 6) is -2.78. The molecule has 6 rings (SSSR count). The molecule has 2 bridgehead atoms. The molecule has 0 spiro atoms. The van der Waals surface area contributed by atoms with Gasteiger partial charge in [-0.2, -0.15) is 0 Å². The number of para-hydroxylation sites is 1. The van der Waals surface area contributed by atoms with Crippen LogP contribution in [0.3, 0.4) is 0 Å². The Kier molecular flexibility index (Phi) is 6.21. The SMILES string of the molecule is C=C[C@H]1[C@H](O[C@@H]2O[C@H](CO)[C@@H](O)[C@H](O)[C@H]2O)O[C@@H]2[C@H](C(=O)O)[C@H]1CC1c3[nH]c4ccccc4c3C=C[NH+]12. The maximum absolute atomic E-state index is 12.4. The number of nitrogens with one attached hydrogen (secondary N) is 2. The molecule has 0 saturated carbocycles. The van der Waals surface area contributed by atoms with Crippen LogP contribution in [0.15, 0.2) is 43.1 Å². The molecule has 0 amide bonds. The molecule has 2 aromatic rings. The van der Waals surface area contributed by atoms with Crippen LogP contribution < -0.4 is 4.90 Å². The van der Waals surface area contributed by atoms with E-state index in [1.165, 1.54) is 0 Å². The van der Waals surface area contributed by atoms with Gasteiger partial charge in [0, 0.05) is 34.9 Å². The van der Waals surface area contributed by atoms with Crippen molar-refractivity contribution in [1.29, 1.82) is 0 Å². The zero-order valence-corrected chi connectivity index (χ0v) is 19.9. The highest BCUT2D eigenvalue weighted by molar-refractivity contribution is 5.90. The van der Waals surface area contributed by atoms with Crippen molar-refractivity contribution < 1.29 is 49.4 Å². The monoisotopic (exact) mass is 515 g/mol. The number of hydrogen-bond donors (Lipinski definition) is 7. The number of quaternary nitrogens is 1. The Morgan fingerprint density at radius 1 is 1.16 bits per heavy atom. The number of aliphatic hydroxyl groups excluding tert-OH is 4.